The van der Waals surface area contributed by atoms with Gasteiger partial charge in [-0.1, -0.05) is 12.8 Å². The third-order valence-corrected chi connectivity index (χ3v) is 3.97. The van der Waals surface area contributed by atoms with E-state index in [0.717, 1.165) is 18.4 Å². The number of pyridine rings is 1. The molecule has 0 aliphatic heterocycles. The number of rotatable bonds is 5. The number of nitro groups is 1. The maximum atomic E-state index is 11.0. The van der Waals surface area contributed by atoms with Crippen molar-refractivity contribution >= 4 is 5.69 Å². The molecule has 0 bridgehead atoms. The first-order valence-corrected chi connectivity index (χ1v) is 7.05. The zero-order valence-electron chi connectivity index (χ0n) is 11.7. The van der Waals surface area contributed by atoms with Crippen LogP contribution in [-0.4, -0.2) is 23.1 Å². The van der Waals surface area contributed by atoms with Crippen LogP contribution in [0.1, 0.15) is 31.2 Å². The molecule has 0 saturated heterocycles. The quantitative estimate of drug-likeness (QED) is 0.660. The van der Waals surface area contributed by atoms with E-state index in [0.29, 0.717) is 25.0 Å². The minimum Gasteiger partial charge on any atom is -0.473 e. The fourth-order valence-electron chi connectivity index (χ4n) is 2.78. The van der Waals surface area contributed by atoms with Crippen molar-refractivity contribution < 1.29 is 9.66 Å². The van der Waals surface area contributed by atoms with Gasteiger partial charge >= 0.3 is 5.69 Å². The highest BCUT2D eigenvalue weighted by atomic mass is 16.6. The second-order valence-corrected chi connectivity index (χ2v) is 5.45. The first-order chi connectivity index (χ1) is 9.61. The Morgan fingerprint density at radius 1 is 1.45 bits per heavy atom. The molecule has 2 N–H and O–H groups in total. The molecule has 6 heteroatoms. The normalized spacial score (nSPS) is 22.5. The third kappa shape index (κ3) is 3.45. The lowest BCUT2D eigenvalue weighted by Gasteiger charge is -2.30. The third-order valence-electron chi connectivity index (χ3n) is 3.97. The molecule has 2 unspecified atom stereocenters. The standard InChI is InChI=1S/C14H21N3O3/c1-10-6-13(17(18)19)14(16-8-10)20-9-12-5-3-2-4-11(12)7-15/h6,8,11-12H,2-5,7,9,15H2,1H3. The van der Waals surface area contributed by atoms with Crippen LogP contribution in [0.5, 0.6) is 5.88 Å². The highest BCUT2D eigenvalue weighted by Crippen LogP contribution is 2.31. The molecule has 0 spiro atoms. The Morgan fingerprint density at radius 2 is 2.15 bits per heavy atom. The van der Waals surface area contributed by atoms with Crippen molar-refractivity contribution in [1.29, 1.82) is 0 Å². The van der Waals surface area contributed by atoms with Gasteiger partial charge in [0.1, 0.15) is 0 Å². The first-order valence-electron chi connectivity index (χ1n) is 7.05. The molecular weight excluding hydrogens is 258 g/mol. The average Bonchev–Trinajstić information content (AvgIpc) is 2.46. The summed E-state index contributed by atoms with van der Waals surface area (Å²) in [4.78, 5) is 14.6. The molecule has 2 atom stereocenters. The highest BCUT2D eigenvalue weighted by molar-refractivity contribution is 5.42. The summed E-state index contributed by atoms with van der Waals surface area (Å²) in [6.07, 6.45) is 6.16. The molecule has 1 aliphatic carbocycles. The first kappa shape index (κ1) is 14.7. The number of hydrogen-bond donors (Lipinski definition) is 1. The van der Waals surface area contributed by atoms with Crippen LogP contribution in [0.15, 0.2) is 12.3 Å². The van der Waals surface area contributed by atoms with Gasteiger partial charge in [-0.15, -0.1) is 0 Å². The van der Waals surface area contributed by atoms with E-state index in [-0.39, 0.29) is 11.6 Å². The van der Waals surface area contributed by atoms with Crippen LogP contribution in [0, 0.1) is 28.9 Å². The Labute approximate surface area is 118 Å². The Bertz CT molecular complexity index is 479. The zero-order chi connectivity index (χ0) is 14.5. The van der Waals surface area contributed by atoms with Gasteiger partial charge in [0.2, 0.25) is 0 Å². The molecule has 0 amide bonds. The number of ether oxygens (including phenoxy) is 1. The lowest BCUT2D eigenvalue weighted by Crippen LogP contribution is -2.30. The lowest BCUT2D eigenvalue weighted by molar-refractivity contribution is -0.386. The van der Waals surface area contributed by atoms with Gasteiger partial charge in [-0.3, -0.25) is 10.1 Å². The number of nitrogens with two attached hydrogens (primary N) is 1. The molecule has 0 aromatic carbocycles. The van der Waals surface area contributed by atoms with E-state index in [4.69, 9.17) is 10.5 Å². The molecule has 2 rings (SSSR count). The van der Waals surface area contributed by atoms with Crippen molar-refractivity contribution in [2.75, 3.05) is 13.2 Å². The molecule has 6 nitrogen and oxygen atoms in total. The van der Waals surface area contributed by atoms with E-state index in [1.807, 2.05) is 0 Å². The largest absolute Gasteiger partial charge is 0.473 e. The van der Waals surface area contributed by atoms with Crippen molar-refractivity contribution in [3.63, 3.8) is 0 Å². The molecule has 1 saturated carbocycles. The Balaban J connectivity index is 2.04. The van der Waals surface area contributed by atoms with Crippen molar-refractivity contribution in [1.82, 2.24) is 4.98 Å². The molecule has 1 heterocycles. The van der Waals surface area contributed by atoms with E-state index in [1.165, 1.54) is 18.9 Å². The Hall–Kier alpha value is -1.69. The average molecular weight is 279 g/mol. The van der Waals surface area contributed by atoms with Gasteiger partial charge < -0.3 is 10.5 Å². The minimum atomic E-state index is -0.448. The van der Waals surface area contributed by atoms with E-state index in [2.05, 4.69) is 4.98 Å². The summed E-state index contributed by atoms with van der Waals surface area (Å²) in [5.74, 6) is 0.937. The Morgan fingerprint density at radius 3 is 2.80 bits per heavy atom. The fourth-order valence-corrected chi connectivity index (χ4v) is 2.78. The van der Waals surface area contributed by atoms with Crippen molar-refractivity contribution in [3.05, 3.63) is 27.9 Å². The van der Waals surface area contributed by atoms with Gasteiger partial charge in [0.15, 0.2) is 0 Å². The van der Waals surface area contributed by atoms with Gasteiger partial charge in [0, 0.05) is 12.3 Å². The number of nitrogens with zero attached hydrogens (tertiary/aromatic N) is 2. The summed E-state index contributed by atoms with van der Waals surface area (Å²) in [5.41, 5.74) is 6.47. The number of hydrogen-bond acceptors (Lipinski definition) is 5. The van der Waals surface area contributed by atoms with E-state index in [1.54, 1.807) is 13.1 Å². The van der Waals surface area contributed by atoms with E-state index < -0.39 is 4.92 Å². The SMILES string of the molecule is Cc1cnc(OCC2CCCCC2CN)c([N+](=O)[O-])c1. The molecular formula is C14H21N3O3. The summed E-state index contributed by atoms with van der Waals surface area (Å²) < 4.78 is 5.62. The summed E-state index contributed by atoms with van der Waals surface area (Å²) in [7, 11) is 0. The Kier molecular flexibility index (Phi) is 4.89. The van der Waals surface area contributed by atoms with Gasteiger partial charge in [0.25, 0.3) is 5.88 Å². The fraction of sp³-hybridized carbons (Fsp3) is 0.643. The van der Waals surface area contributed by atoms with Crippen molar-refractivity contribution in [2.45, 2.75) is 32.6 Å². The predicted octanol–water partition coefficient (Wildman–Crippen LogP) is 2.44. The molecule has 0 radical (unpaired) electrons. The minimum absolute atomic E-state index is 0.0647. The monoisotopic (exact) mass is 279 g/mol. The smallest absolute Gasteiger partial charge is 0.331 e. The van der Waals surface area contributed by atoms with Crippen LogP contribution >= 0.6 is 0 Å². The van der Waals surface area contributed by atoms with Crippen LogP contribution < -0.4 is 10.5 Å². The molecule has 1 aromatic rings. The summed E-state index contributed by atoms with van der Waals surface area (Å²) in [6.45, 7) is 2.88. The summed E-state index contributed by atoms with van der Waals surface area (Å²) in [6, 6.07) is 1.49. The van der Waals surface area contributed by atoms with E-state index in [9.17, 15) is 10.1 Å². The van der Waals surface area contributed by atoms with Crippen molar-refractivity contribution in [3.8, 4) is 5.88 Å². The van der Waals surface area contributed by atoms with Gasteiger partial charge in [-0.25, -0.2) is 4.98 Å². The second-order valence-electron chi connectivity index (χ2n) is 5.45. The van der Waals surface area contributed by atoms with Crippen LogP contribution in [-0.2, 0) is 0 Å². The maximum Gasteiger partial charge on any atom is 0.331 e. The molecule has 1 aliphatic rings. The summed E-state index contributed by atoms with van der Waals surface area (Å²) >= 11 is 0. The highest BCUT2D eigenvalue weighted by Gasteiger charge is 2.26. The van der Waals surface area contributed by atoms with Crippen LogP contribution in [0.2, 0.25) is 0 Å². The zero-order valence-corrected chi connectivity index (χ0v) is 11.7. The number of aromatic nitrogens is 1. The molecule has 1 aromatic heterocycles. The maximum absolute atomic E-state index is 11.0. The van der Waals surface area contributed by atoms with Crippen molar-refractivity contribution in [2.24, 2.45) is 17.6 Å². The van der Waals surface area contributed by atoms with Crippen LogP contribution in [0.25, 0.3) is 0 Å². The second kappa shape index (κ2) is 6.65. The summed E-state index contributed by atoms with van der Waals surface area (Å²) in [5, 5.41) is 11.0. The molecule has 110 valence electrons. The predicted molar refractivity (Wildman–Crippen MR) is 75.6 cm³/mol. The van der Waals surface area contributed by atoms with Crippen LogP contribution in [0.3, 0.4) is 0 Å². The molecule has 20 heavy (non-hydrogen) atoms. The van der Waals surface area contributed by atoms with E-state index >= 15 is 0 Å². The number of aryl methyl sites for hydroxylation is 1. The molecule has 1 fully saturated rings. The topological polar surface area (TPSA) is 91.3 Å². The van der Waals surface area contributed by atoms with Gasteiger partial charge in [0.05, 0.1) is 11.5 Å². The van der Waals surface area contributed by atoms with Crippen LogP contribution in [0.4, 0.5) is 5.69 Å². The van der Waals surface area contributed by atoms with Gasteiger partial charge in [-0.2, -0.15) is 0 Å². The van der Waals surface area contributed by atoms with Gasteiger partial charge in [-0.05, 0) is 43.7 Å². The lowest BCUT2D eigenvalue weighted by atomic mass is 9.80.